The van der Waals surface area contributed by atoms with Crippen LogP contribution in [0.15, 0.2) is 42.5 Å². The van der Waals surface area contributed by atoms with E-state index < -0.39 is 29.7 Å². The van der Waals surface area contributed by atoms with Gasteiger partial charge in [-0.05, 0) is 55.9 Å². The predicted molar refractivity (Wildman–Crippen MR) is 134 cm³/mol. The van der Waals surface area contributed by atoms with E-state index in [0.717, 1.165) is 29.0 Å². The first-order valence-corrected chi connectivity index (χ1v) is 12.6. The minimum absolute atomic E-state index is 0.0387. The number of rotatable bonds is 3. The Hall–Kier alpha value is -4.27. The lowest BCUT2D eigenvalue weighted by Gasteiger charge is -2.33. The van der Waals surface area contributed by atoms with E-state index in [1.54, 1.807) is 17.0 Å². The maximum Gasteiger partial charge on any atom is 0.263 e. The molecule has 1 aromatic heterocycles. The van der Waals surface area contributed by atoms with Crippen molar-refractivity contribution in [3.63, 3.8) is 0 Å². The number of para-hydroxylation sites is 1. The van der Waals surface area contributed by atoms with Crippen molar-refractivity contribution < 1.29 is 24.0 Å². The SMILES string of the molecule is Cc1[nH]c2ccccc2c1C1CCN(C(=O)c2cccc3c2C(=O)N(C2CCC(=O)NC2=O)C3=O)CC1. The summed E-state index contributed by atoms with van der Waals surface area (Å²) in [5.41, 5.74) is 3.87. The molecule has 0 bridgehead atoms. The number of nitrogens with one attached hydrogen (secondary N) is 2. The summed E-state index contributed by atoms with van der Waals surface area (Å²) in [5.74, 6) is -2.36. The summed E-state index contributed by atoms with van der Waals surface area (Å²) < 4.78 is 0. The van der Waals surface area contributed by atoms with E-state index in [4.69, 9.17) is 0 Å². The summed E-state index contributed by atoms with van der Waals surface area (Å²) in [6, 6.07) is 11.8. The number of nitrogens with zero attached hydrogens (tertiary/aromatic N) is 2. The predicted octanol–water partition coefficient (Wildman–Crippen LogP) is 2.90. The van der Waals surface area contributed by atoms with Crippen LogP contribution in [0.2, 0.25) is 0 Å². The van der Waals surface area contributed by atoms with E-state index in [1.807, 2.05) is 12.1 Å². The molecule has 2 aromatic carbocycles. The molecule has 6 rings (SSSR count). The number of carbonyl (C=O) groups excluding carboxylic acids is 5. The lowest BCUT2D eigenvalue weighted by Crippen LogP contribution is -2.54. The van der Waals surface area contributed by atoms with Crippen molar-refractivity contribution in [2.24, 2.45) is 0 Å². The first kappa shape index (κ1) is 23.1. The molecule has 1 atom stereocenters. The zero-order valence-corrected chi connectivity index (χ0v) is 20.4. The minimum Gasteiger partial charge on any atom is -0.358 e. The molecule has 5 amide bonds. The van der Waals surface area contributed by atoms with Crippen molar-refractivity contribution >= 4 is 40.4 Å². The number of aryl methyl sites for hydroxylation is 1. The van der Waals surface area contributed by atoms with Crippen LogP contribution in [0.1, 0.15) is 73.9 Å². The Morgan fingerprint density at radius 1 is 0.919 bits per heavy atom. The second-order valence-electron chi connectivity index (χ2n) is 9.95. The van der Waals surface area contributed by atoms with Crippen molar-refractivity contribution in [2.75, 3.05) is 13.1 Å². The van der Waals surface area contributed by atoms with Gasteiger partial charge in [0.2, 0.25) is 11.8 Å². The second-order valence-corrected chi connectivity index (χ2v) is 9.95. The van der Waals surface area contributed by atoms with Crippen LogP contribution in [0, 0.1) is 6.92 Å². The van der Waals surface area contributed by atoms with Crippen LogP contribution in [0.25, 0.3) is 10.9 Å². The summed E-state index contributed by atoms with van der Waals surface area (Å²) in [6.45, 7) is 3.15. The fraction of sp³-hybridized carbons (Fsp3) is 0.321. The highest BCUT2D eigenvalue weighted by atomic mass is 16.2. The summed E-state index contributed by atoms with van der Waals surface area (Å²) in [4.78, 5) is 70.1. The first-order valence-electron chi connectivity index (χ1n) is 12.6. The second kappa shape index (κ2) is 8.69. The van der Waals surface area contributed by atoms with E-state index in [0.29, 0.717) is 19.0 Å². The number of benzene rings is 2. The topological polar surface area (TPSA) is 120 Å². The molecule has 37 heavy (non-hydrogen) atoms. The van der Waals surface area contributed by atoms with Crippen molar-refractivity contribution in [2.45, 2.75) is 44.6 Å². The van der Waals surface area contributed by atoms with Crippen LogP contribution in [0.4, 0.5) is 0 Å². The molecule has 9 nitrogen and oxygen atoms in total. The van der Waals surface area contributed by atoms with Gasteiger partial charge < -0.3 is 9.88 Å². The van der Waals surface area contributed by atoms with Crippen LogP contribution in [0.3, 0.4) is 0 Å². The molecule has 2 fully saturated rings. The molecular weight excluding hydrogens is 472 g/mol. The highest BCUT2D eigenvalue weighted by molar-refractivity contribution is 6.26. The number of likely N-dealkylation sites (tertiary alicyclic amines) is 1. The summed E-state index contributed by atoms with van der Waals surface area (Å²) in [6.07, 6.45) is 1.69. The van der Waals surface area contributed by atoms with Gasteiger partial charge in [-0.1, -0.05) is 24.3 Å². The number of piperidine rings is 2. The highest BCUT2D eigenvalue weighted by Crippen LogP contribution is 2.37. The smallest absolute Gasteiger partial charge is 0.263 e. The molecule has 3 aromatic rings. The van der Waals surface area contributed by atoms with Gasteiger partial charge >= 0.3 is 0 Å². The van der Waals surface area contributed by atoms with Gasteiger partial charge in [-0.3, -0.25) is 34.2 Å². The third-order valence-corrected chi connectivity index (χ3v) is 7.83. The Balaban J connectivity index is 1.23. The van der Waals surface area contributed by atoms with E-state index in [2.05, 4.69) is 29.4 Å². The summed E-state index contributed by atoms with van der Waals surface area (Å²) in [7, 11) is 0. The number of hydrogen-bond donors (Lipinski definition) is 2. The molecule has 0 aliphatic carbocycles. The Morgan fingerprint density at radius 3 is 2.43 bits per heavy atom. The van der Waals surface area contributed by atoms with Gasteiger partial charge in [0.1, 0.15) is 6.04 Å². The highest BCUT2D eigenvalue weighted by Gasteiger charge is 2.46. The van der Waals surface area contributed by atoms with Crippen molar-refractivity contribution in [3.05, 3.63) is 70.4 Å². The first-order chi connectivity index (χ1) is 17.8. The van der Waals surface area contributed by atoms with E-state index in [-0.39, 0.29) is 35.4 Å². The van der Waals surface area contributed by atoms with Gasteiger partial charge in [0.25, 0.3) is 17.7 Å². The Kier molecular flexibility index (Phi) is 5.43. The molecule has 2 saturated heterocycles. The molecule has 9 heteroatoms. The Bertz CT molecular complexity index is 1500. The third-order valence-electron chi connectivity index (χ3n) is 7.83. The van der Waals surface area contributed by atoms with Gasteiger partial charge in [0, 0.05) is 36.1 Å². The van der Waals surface area contributed by atoms with Crippen molar-refractivity contribution in [1.29, 1.82) is 0 Å². The van der Waals surface area contributed by atoms with Crippen LogP contribution in [-0.2, 0) is 9.59 Å². The minimum atomic E-state index is -1.07. The number of aromatic nitrogens is 1. The molecular formula is C28H26N4O5. The fourth-order valence-corrected chi connectivity index (χ4v) is 6.06. The van der Waals surface area contributed by atoms with Gasteiger partial charge in [-0.25, -0.2) is 0 Å². The normalized spacial score (nSPS) is 20.5. The standard InChI is InChI=1S/C28H26N4O5/c1-15-23(17-5-2-3-8-20(17)29-15)16-11-13-31(14-12-16)26(35)18-6-4-7-19-24(18)28(37)32(27(19)36)21-9-10-22(33)30-25(21)34/h2-8,16,21,29H,9-14H2,1H3,(H,30,33,34). The molecule has 0 saturated carbocycles. The van der Waals surface area contributed by atoms with Crippen LogP contribution >= 0.6 is 0 Å². The molecule has 4 heterocycles. The molecule has 0 spiro atoms. The fourth-order valence-electron chi connectivity index (χ4n) is 6.06. The summed E-state index contributed by atoms with van der Waals surface area (Å²) >= 11 is 0. The number of fused-ring (bicyclic) bond motifs is 2. The Morgan fingerprint density at radius 2 is 1.68 bits per heavy atom. The monoisotopic (exact) mass is 498 g/mol. The van der Waals surface area contributed by atoms with Crippen LogP contribution < -0.4 is 5.32 Å². The van der Waals surface area contributed by atoms with Gasteiger partial charge in [-0.2, -0.15) is 0 Å². The number of amides is 5. The average Bonchev–Trinajstić information content (AvgIpc) is 3.36. The average molecular weight is 499 g/mol. The molecule has 0 radical (unpaired) electrons. The third kappa shape index (κ3) is 3.64. The zero-order valence-electron chi connectivity index (χ0n) is 20.4. The van der Waals surface area contributed by atoms with Crippen molar-refractivity contribution in [1.82, 2.24) is 20.1 Å². The quantitative estimate of drug-likeness (QED) is 0.538. The van der Waals surface area contributed by atoms with Gasteiger partial charge in [-0.15, -0.1) is 0 Å². The van der Waals surface area contributed by atoms with Crippen molar-refractivity contribution in [3.8, 4) is 0 Å². The molecule has 188 valence electrons. The lowest BCUT2D eigenvalue weighted by atomic mass is 9.87. The molecule has 2 N–H and O–H groups in total. The largest absolute Gasteiger partial charge is 0.358 e. The van der Waals surface area contributed by atoms with E-state index >= 15 is 0 Å². The Labute approximate surface area is 212 Å². The molecule has 1 unspecified atom stereocenters. The van der Waals surface area contributed by atoms with E-state index in [1.165, 1.54) is 17.0 Å². The maximum absolute atomic E-state index is 13.6. The number of imide groups is 2. The van der Waals surface area contributed by atoms with Crippen LogP contribution in [-0.4, -0.2) is 63.5 Å². The number of carbonyl (C=O) groups is 5. The maximum atomic E-state index is 13.6. The number of hydrogen-bond acceptors (Lipinski definition) is 5. The zero-order chi connectivity index (χ0) is 25.8. The number of aromatic amines is 1. The van der Waals surface area contributed by atoms with Gasteiger partial charge in [0.05, 0.1) is 16.7 Å². The molecule has 3 aliphatic rings. The lowest BCUT2D eigenvalue weighted by molar-refractivity contribution is -0.136. The van der Waals surface area contributed by atoms with Gasteiger partial charge in [0.15, 0.2) is 0 Å². The van der Waals surface area contributed by atoms with Crippen LogP contribution in [0.5, 0.6) is 0 Å². The van der Waals surface area contributed by atoms with E-state index in [9.17, 15) is 24.0 Å². The number of H-pyrrole nitrogens is 1. The molecule has 3 aliphatic heterocycles. The summed E-state index contributed by atoms with van der Waals surface area (Å²) in [5, 5.41) is 3.40.